The van der Waals surface area contributed by atoms with Crippen molar-refractivity contribution in [3.8, 4) is 0 Å². The molecule has 0 aromatic carbocycles. The molecule has 2 rings (SSSR count). The van der Waals surface area contributed by atoms with Crippen LogP contribution >= 0.6 is 0 Å². The molecule has 21 heavy (non-hydrogen) atoms. The number of amides is 2. The van der Waals surface area contributed by atoms with Crippen molar-refractivity contribution in [2.24, 2.45) is 5.92 Å². The molecule has 5 nitrogen and oxygen atoms in total. The van der Waals surface area contributed by atoms with Gasteiger partial charge in [-0.2, -0.15) is 0 Å². The van der Waals surface area contributed by atoms with Crippen LogP contribution in [0.15, 0.2) is 0 Å². The number of morpholine rings is 1. The number of urea groups is 1. The van der Waals surface area contributed by atoms with Crippen LogP contribution in [0, 0.1) is 5.92 Å². The fourth-order valence-corrected chi connectivity index (χ4v) is 3.43. The van der Waals surface area contributed by atoms with Crippen molar-refractivity contribution in [2.75, 3.05) is 32.8 Å². The number of nitrogens with zero attached hydrogens (tertiary/aromatic N) is 1. The van der Waals surface area contributed by atoms with Gasteiger partial charge in [-0.1, -0.05) is 12.8 Å². The topological polar surface area (TPSA) is 50.8 Å². The molecule has 0 unspecified atom stereocenters. The molecule has 2 atom stereocenters. The molecule has 122 valence electrons. The third-order valence-electron chi connectivity index (χ3n) is 4.54. The lowest BCUT2D eigenvalue weighted by molar-refractivity contribution is -0.00437. The zero-order chi connectivity index (χ0) is 15.1. The molecule has 2 amide bonds. The predicted molar refractivity (Wildman–Crippen MR) is 82.4 cm³/mol. The minimum absolute atomic E-state index is 0.0341. The second-order valence-electron chi connectivity index (χ2n) is 6.19. The fraction of sp³-hybridized carbons (Fsp3) is 0.938. The number of nitrogens with one attached hydrogen (secondary N) is 1. The van der Waals surface area contributed by atoms with Gasteiger partial charge in [0.25, 0.3) is 0 Å². The maximum Gasteiger partial charge on any atom is 0.317 e. The molecule has 2 fully saturated rings. The average Bonchev–Trinajstić information content (AvgIpc) is 3.00. The number of hydrogen-bond donors (Lipinski definition) is 1. The number of carbonyl (C=O) groups excluding carboxylic acids is 1. The van der Waals surface area contributed by atoms with Gasteiger partial charge in [0, 0.05) is 26.2 Å². The van der Waals surface area contributed by atoms with Gasteiger partial charge in [-0.15, -0.1) is 0 Å². The van der Waals surface area contributed by atoms with Crippen molar-refractivity contribution in [1.29, 1.82) is 0 Å². The van der Waals surface area contributed by atoms with Crippen molar-refractivity contribution >= 4 is 6.03 Å². The highest BCUT2D eigenvalue weighted by Crippen LogP contribution is 2.30. The predicted octanol–water partition coefficient (Wildman–Crippen LogP) is 2.40. The van der Waals surface area contributed by atoms with E-state index in [9.17, 15) is 4.79 Å². The van der Waals surface area contributed by atoms with E-state index in [1.54, 1.807) is 0 Å². The van der Waals surface area contributed by atoms with Crippen molar-refractivity contribution in [2.45, 2.75) is 58.2 Å². The average molecular weight is 298 g/mol. The van der Waals surface area contributed by atoms with Crippen LogP contribution < -0.4 is 5.32 Å². The van der Waals surface area contributed by atoms with Gasteiger partial charge < -0.3 is 19.7 Å². The minimum atomic E-state index is 0.0341. The zero-order valence-corrected chi connectivity index (χ0v) is 13.5. The Morgan fingerprint density at radius 3 is 2.86 bits per heavy atom. The van der Waals surface area contributed by atoms with E-state index >= 15 is 0 Å². The minimum Gasteiger partial charge on any atom is -0.378 e. The van der Waals surface area contributed by atoms with Crippen LogP contribution in [0.4, 0.5) is 4.79 Å². The van der Waals surface area contributed by atoms with E-state index in [1.807, 2.05) is 11.8 Å². The van der Waals surface area contributed by atoms with Crippen LogP contribution in [0.5, 0.6) is 0 Å². The summed E-state index contributed by atoms with van der Waals surface area (Å²) < 4.78 is 11.3. The highest BCUT2D eigenvalue weighted by Gasteiger charge is 2.26. The molecule has 5 heteroatoms. The first kappa shape index (κ1) is 16.6. The Labute approximate surface area is 128 Å². The number of ether oxygens (including phenoxy) is 2. The van der Waals surface area contributed by atoms with Gasteiger partial charge in [0.1, 0.15) is 0 Å². The third kappa shape index (κ3) is 5.15. The summed E-state index contributed by atoms with van der Waals surface area (Å²) >= 11 is 0. The van der Waals surface area contributed by atoms with Gasteiger partial charge in [-0.3, -0.25) is 0 Å². The van der Waals surface area contributed by atoms with Gasteiger partial charge in [-0.05, 0) is 39.0 Å². The van der Waals surface area contributed by atoms with E-state index in [4.69, 9.17) is 9.47 Å². The molecule has 1 heterocycles. The van der Waals surface area contributed by atoms with Crippen LogP contribution in [0.2, 0.25) is 0 Å². The number of carbonyl (C=O) groups is 1. The smallest absolute Gasteiger partial charge is 0.317 e. The lowest BCUT2D eigenvalue weighted by Gasteiger charge is -2.31. The summed E-state index contributed by atoms with van der Waals surface area (Å²) in [7, 11) is 0. The Kier molecular flexibility index (Phi) is 6.77. The molecular formula is C16H30N2O3. The second-order valence-corrected chi connectivity index (χ2v) is 6.19. The van der Waals surface area contributed by atoms with Crippen molar-refractivity contribution < 1.29 is 14.3 Å². The van der Waals surface area contributed by atoms with Gasteiger partial charge in [0.2, 0.25) is 0 Å². The largest absolute Gasteiger partial charge is 0.378 e. The lowest BCUT2D eigenvalue weighted by Crippen LogP contribution is -2.49. The molecule has 1 saturated heterocycles. The summed E-state index contributed by atoms with van der Waals surface area (Å²) in [5.41, 5.74) is 0. The Bertz CT molecular complexity index is 319. The van der Waals surface area contributed by atoms with Gasteiger partial charge in [0.15, 0.2) is 0 Å². The molecule has 0 bridgehead atoms. The summed E-state index contributed by atoms with van der Waals surface area (Å²) in [5.74, 6) is 0.685. The molecule has 0 radical (unpaired) electrons. The fourth-order valence-electron chi connectivity index (χ4n) is 3.43. The van der Waals surface area contributed by atoms with Gasteiger partial charge in [0.05, 0.1) is 18.8 Å². The summed E-state index contributed by atoms with van der Waals surface area (Å²) in [6.45, 7) is 7.53. The van der Waals surface area contributed by atoms with Crippen LogP contribution in [-0.2, 0) is 9.47 Å². The molecule has 1 N–H and O–H groups in total. The Balaban J connectivity index is 1.69. The lowest BCUT2D eigenvalue weighted by atomic mass is 9.98. The van der Waals surface area contributed by atoms with E-state index in [0.29, 0.717) is 38.3 Å². The van der Waals surface area contributed by atoms with Crippen LogP contribution in [-0.4, -0.2) is 56.0 Å². The Morgan fingerprint density at radius 2 is 2.19 bits per heavy atom. The Hall–Kier alpha value is -0.810. The summed E-state index contributed by atoms with van der Waals surface area (Å²) in [5, 5.41) is 3.04. The van der Waals surface area contributed by atoms with E-state index in [0.717, 1.165) is 13.0 Å². The number of hydrogen-bond acceptors (Lipinski definition) is 3. The monoisotopic (exact) mass is 298 g/mol. The quantitative estimate of drug-likeness (QED) is 0.819. The van der Waals surface area contributed by atoms with Gasteiger partial charge >= 0.3 is 6.03 Å². The van der Waals surface area contributed by atoms with Crippen molar-refractivity contribution in [3.63, 3.8) is 0 Å². The first-order valence-electron chi connectivity index (χ1n) is 8.46. The summed E-state index contributed by atoms with van der Waals surface area (Å²) in [4.78, 5) is 14.0. The first-order valence-corrected chi connectivity index (χ1v) is 8.46. The third-order valence-corrected chi connectivity index (χ3v) is 4.54. The maximum atomic E-state index is 12.1. The maximum absolute atomic E-state index is 12.1. The standard InChI is InChI=1S/C16H30N2O3/c1-3-20-15(14-6-4-5-7-14)8-9-17-16(19)18-10-11-21-13(2)12-18/h13-15H,3-12H2,1-2H3,(H,17,19)/t13-,15-/m1/s1. The molecule has 0 aromatic heterocycles. The van der Waals surface area contributed by atoms with E-state index in [2.05, 4.69) is 12.2 Å². The van der Waals surface area contributed by atoms with E-state index in [-0.39, 0.29) is 12.1 Å². The second kappa shape index (κ2) is 8.59. The molecule has 0 spiro atoms. The van der Waals surface area contributed by atoms with Crippen LogP contribution in [0.1, 0.15) is 46.0 Å². The SMILES string of the molecule is CCO[C@H](CCNC(=O)N1CCO[C@H](C)C1)C1CCCC1. The molecule has 1 saturated carbocycles. The van der Waals surface area contributed by atoms with Crippen LogP contribution in [0.25, 0.3) is 0 Å². The first-order chi connectivity index (χ1) is 10.2. The molecule has 0 aromatic rings. The van der Waals surface area contributed by atoms with E-state index < -0.39 is 0 Å². The van der Waals surface area contributed by atoms with Crippen molar-refractivity contribution in [3.05, 3.63) is 0 Å². The molecule has 1 aliphatic carbocycles. The molecule has 2 aliphatic rings. The summed E-state index contributed by atoms with van der Waals surface area (Å²) in [6, 6.07) is 0.0341. The van der Waals surface area contributed by atoms with Crippen LogP contribution in [0.3, 0.4) is 0 Å². The van der Waals surface area contributed by atoms with Crippen molar-refractivity contribution in [1.82, 2.24) is 10.2 Å². The number of rotatable bonds is 6. The highest BCUT2D eigenvalue weighted by molar-refractivity contribution is 5.74. The zero-order valence-electron chi connectivity index (χ0n) is 13.5. The summed E-state index contributed by atoms with van der Waals surface area (Å²) in [6.07, 6.45) is 6.57. The van der Waals surface area contributed by atoms with E-state index in [1.165, 1.54) is 25.7 Å². The Morgan fingerprint density at radius 1 is 1.43 bits per heavy atom. The highest BCUT2D eigenvalue weighted by atomic mass is 16.5. The molecule has 1 aliphatic heterocycles. The normalized spacial score (nSPS) is 25.0. The van der Waals surface area contributed by atoms with Gasteiger partial charge in [-0.25, -0.2) is 4.79 Å². The molecular weight excluding hydrogens is 268 g/mol.